The predicted molar refractivity (Wildman–Crippen MR) is 84.2 cm³/mol. The topological polar surface area (TPSA) is 131 Å². The molecule has 0 heterocycles. The van der Waals surface area contributed by atoms with E-state index in [0.717, 1.165) is 24.3 Å². The van der Waals surface area contributed by atoms with Crippen LogP contribution in [0.1, 0.15) is 6.92 Å². The standard InChI is InChI=1S/C14H18FN3O6S/c1-9(14(21)24-8-13(20)17-7-12(19)16-2)18-25(22,23)11-5-3-10(15)4-6-11/h3-6,9,18H,7-8H2,1-2H3,(H,16,19)(H,17,20)/t9-/m0/s1. The van der Waals surface area contributed by atoms with Gasteiger partial charge in [0.1, 0.15) is 11.9 Å². The van der Waals surface area contributed by atoms with Crippen LogP contribution in [-0.4, -0.2) is 52.4 Å². The number of sulfonamides is 1. The Balaban J connectivity index is 2.52. The fourth-order valence-electron chi connectivity index (χ4n) is 1.54. The van der Waals surface area contributed by atoms with Gasteiger partial charge in [-0.3, -0.25) is 14.4 Å². The van der Waals surface area contributed by atoms with Crippen LogP contribution in [0.2, 0.25) is 0 Å². The number of esters is 1. The third-order valence-electron chi connectivity index (χ3n) is 2.88. The van der Waals surface area contributed by atoms with E-state index in [4.69, 9.17) is 0 Å². The molecule has 1 rings (SSSR count). The Bertz CT molecular complexity index is 735. The molecule has 0 spiro atoms. The zero-order valence-corrected chi connectivity index (χ0v) is 14.4. The molecule has 9 nitrogen and oxygen atoms in total. The number of hydrogen-bond acceptors (Lipinski definition) is 6. The van der Waals surface area contributed by atoms with Gasteiger partial charge in [-0.25, -0.2) is 12.8 Å². The summed E-state index contributed by atoms with van der Waals surface area (Å²) < 4.78 is 43.6. The Hall–Kier alpha value is -2.53. The van der Waals surface area contributed by atoms with Crippen molar-refractivity contribution in [1.29, 1.82) is 0 Å². The molecule has 25 heavy (non-hydrogen) atoms. The van der Waals surface area contributed by atoms with Crippen LogP contribution in [0.5, 0.6) is 0 Å². The van der Waals surface area contributed by atoms with Crippen molar-refractivity contribution in [2.45, 2.75) is 17.9 Å². The molecule has 0 radical (unpaired) electrons. The van der Waals surface area contributed by atoms with Crippen molar-refractivity contribution in [1.82, 2.24) is 15.4 Å². The molecule has 1 atom stereocenters. The maximum atomic E-state index is 12.8. The number of rotatable bonds is 8. The smallest absolute Gasteiger partial charge is 0.324 e. The quantitative estimate of drug-likeness (QED) is 0.494. The minimum atomic E-state index is -4.06. The van der Waals surface area contributed by atoms with Crippen molar-refractivity contribution in [3.05, 3.63) is 30.1 Å². The Morgan fingerprint density at radius 2 is 1.76 bits per heavy atom. The molecular weight excluding hydrogens is 357 g/mol. The number of halogens is 1. The lowest BCUT2D eigenvalue weighted by molar-refractivity contribution is -0.149. The fourth-order valence-corrected chi connectivity index (χ4v) is 2.73. The number of benzene rings is 1. The van der Waals surface area contributed by atoms with Gasteiger partial charge in [-0.1, -0.05) is 0 Å². The van der Waals surface area contributed by atoms with Gasteiger partial charge in [0.15, 0.2) is 6.61 Å². The van der Waals surface area contributed by atoms with Crippen LogP contribution in [0.4, 0.5) is 4.39 Å². The number of carbonyl (C=O) groups is 3. The molecular formula is C14H18FN3O6S. The van der Waals surface area contributed by atoms with Crippen molar-refractivity contribution in [2.24, 2.45) is 0 Å². The van der Waals surface area contributed by atoms with Crippen molar-refractivity contribution < 1.29 is 31.9 Å². The number of carbonyl (C=O) groups excluding carboxylic acids is 3. The predicted octanol–water partition coefficient (Wildman–Crippen LogP) is -1.10. The molecule has 0 aromatic heterocycles. The van der Waals surface area contributed by atoms with E-state index in [0.29, 0.717) is 0 Å². The van der Waals surface area contributed by atoms with Gasteiger partial charge in [0.2, 0.25) is 15.9 Å². The molecule has 1 aromatic carbocycles. The number of hydrogen-bond donors (Lipinski definition) is 3. The highest BCUT2D eigenvalue weighted by molar-refractivity contribution is 7.89. The van der Waals surface area contributed by atoms with Crippen LogP contribution in [0.3, 0.4) is 0 Å². The zero-order chi connectivity index (χ0) is 19.0. The van der Waals surface area contributed by atoms with E-state index in [1.165, 1.54) is 14.0 Å². The second-order valence-corrected chi connectivity index (χ2v) is 6.57. The average molecular weight is 375 g/mol. The molecule has 3 N–H and O–H groups in total. The summed E-state index contributed by atoms with van der Waals surface area (Å²) in [4.78, 5) is 33.8. The molecule has 11 heteroatoms. The van der Waals surface area contributed by atoms with Gasteiger partial charge in [0, 0.05) is 7.05 Å². The van der Waals surface area contributed by atoms with Crippen LogP contribution < -0.4 is 15.4 Å². The molecule has 0 aliphatic heterocycles. The first-order valence-electron chi connectivity index (χ1n) is 7.07. The minimum Gasteiger partial charge on any atom is -0.454 e. The first kappa shape index (κ1) is 20.5. The summed E-state index contributed by atoms with van der Waals surface area (Å²) in [5.41, 5.74) is 0. The van der Waals surface area contributed by atoms with Crippen LogP contribution in [-0.2, 0) is 29.1 Å². The van der Waals surface area contributed by atoms with Crippen LogP contribution >= 0.6 is 0 Å². The highest BCUT2D eigenvalue weighted by atomic mass is 32.2. The third-order valence-corrected chi connectivity index (χ3v) is 4.44. The largest absolute Gasteiger partial charge is 0.454 e. The number of ether oxygens (including phenoxy) is 1. The van der Waals surface area contributed by atoms with Gasteiger partial charge in [0.25, 0.3) is 5.91 Å². The van der Waals surface area contributed by atoms with Gasteiger partial charge in [0.05, 0.1) is 11.4 Å². The normalized spacial score (nSPS) is 12.1. The lowest BCUT2D eigenvalue weighted by Crippen LogP contribution is -2.42. The molecule has 0 bridgehead atoms. The summed E-state index contributed by atoms with van der Waals surface area (Å²) in [6, 6.07) is 2.74. The summed E-state index contributed by atoms with van der Waals surface area (Å²) in [5.74, 6) is -2.74. The first-order valence-corrected chi connectivity index (χ1v) is 8.56. The Morgan fingerprint density at radius 3 is 2.32 bits per heavy atom. The lowest BCUT2D eigenvalue weighted by atomic mass is 10.4. The van der Waals surface area contributed by atoms with E-state index in [1.54, 1.807) is 0 Å². The van der Waals surface area contributed by atoms with Gasteiger partial charge >= 0.3 is 5.97 Å². The van der Waals surface area contributed by atoms with Crippen molar-refractivity contribution in [2.75, 3.05) is 20.2 Å². The molecule has 0 saturated heterocycles. The Labute approximate surface area is 144 Å². The van der Waals surface area contributed by atoms with E-state index in [1.807, 2.05) is 0 Å². The van der Waals surface area contributed by atoms with E-state index in [-0.39, 0.29) is 11.4 Å². The van der Waals surface area contributed by atoms with Gasteiger partial charge in [-0.05, 0) is 31.2 Å². The van der Waals surface area contributed by atoms with Crippen molar-refractivity contribution >= 4 is 27.8 Å². The maximum Gasteiger partial charge on any atom is 0.324 e. The number of amides is 2. The highest BCUT2D eigenvalue weighted by Gasteiger charge is 2.23. The van der Waals surface area contributed by atoms with E-state index >= 15 is 0 Å². The molecule has 0 saturated carbocycles. The summed E-state index contributed by atoms with van der Waals surface area (Å²) in [6.07, 6.45) is 0. The van der Waals surface area contributed by atoms with Crippen LogP contribution in [0.15, 0.2) is 29.2 Å². The molecule has 0 aliphatic rings. The van der Waals surface area contributed by atoms with Gasteiger partial charge < -0.3 is 15.4 Å². The van der Waals surface area contributed by atoms with E-state index < -0.39 is 46.3 Å². The molecule has 138 valence electrons. The van der Waals surface area contributed by atoms with Crippen LogP contribution in [0, 0.1) is 5.82 Å². The molecule has 0 fully saturated rings. The minimum absolute atomic E-state index is 0.225. The van der Waals surface area contributed by atoms with E-state index in [9.17, 15) is 27.2 Å². The number of likely N-dealkylation sites (N-methyl/N-ethyl adjacent to an activating group) is 1. The van der Waals surface area contributed by atoms with E-state index in [2.05, 4.69) is 20.1 Å². The Morgan fingerprint density at radius 1 is 1.16 bits per heavy atom. The third kappa shape index (κ3) is 6.85. The number of nitrogens with one attached hydrogen (secondary N) is 3. The summed E-state index contributed by atoms with van der Waals surface area (Å²) in [6.45, 7) is 0.282. The van der Waals surface area contributed by atoms with Gasteiger partial charge in [-0.2, -0.15) is 4.72 Å². The lowest BCUT2D eigenvalue weighted by Gasteiger charge is -2.13. The maximum absolute atomic E-state index is 12.8. The summed E-state index contributed by atoms with van der Waals surface area (Å²) in [7, 11) is -2.66. The SMILES string of the molecule is CNC(=O)CNC(=O)COC(=O)[C@H](C)NS(=O)(=O)c1ccc(F)cc1. The summed E-state index contributed by atoms with van der Waals surface area (Å²) in [5, 5.41) is 4.49. The molecule has 0 aliphatic carbocycles. The Kier molecular flexibility index (Phi) is 7.45. The fraction of sp³-hybridized carbons (Fsp3) is 0.357. The van der Waals surface area contributed by atoms with Gasteiger partial charge in [-0.15, -0.1) is 0 Å². The zero-order valence-electron chi connectivity index (χ0n) is 13.5. The summed E-state index contributed by atoms with van der Waals surface area (Å²) >= 11 is 0. The first-order chi connectivity index (χ1) is 11.7. The second-order valence-electron chi connectivity index (χ2n) is 4.85. The van der Waals surface area contributed by atoms with Crippen molar-refractivity contribution in [3.8, 4) is 0 Å². The molecule has 1 aromatic rings. The van der Waals surface area contributed by atoms with Crippen LogP contribution in [0.25, 0.3) is 0 Å². The second kappa shape index (κ2) is 9.08. The monoisotopic (exact) mass is 375 g/mol. The highest BCUT2D eigenvalue weighted by Crippen LogP contribution is 2.10. The van der Waals surface area contributed by atoms with Crippen molar-refractivity contribution in [3.63, 3.8) is 0 Å². The average Bonchev–Trinajstić information content (AvgIpc) is 2.57. The molecule has 2 amide bonds. The molecule has 0 unspecified atom stereocenters.